The van der Waals surface area contributed by atoms with Gasteiger partial charge in [-0.2, -0.15) is 0 Å². The Kier molecular flexibility index (Phi) is 5.08. The van der Waals surface area contributed by atoms with Gasteiger partial charge in [0.15, 0.2) is 5.51 Å². The highest BCUT2D eigenvalue weighted by molar-refractivity contribution is 7.15. The highest BCUT2D eigenvalue weighted by Gasteiger charge is 2.15. The summed E-state index contributed by atoms with van der Waals surface area (Å²) in [6.45, 7) is 6.64. The molecule has 0 aromatic carbocycles. The molecule has 0 bridgehead atoms. The lowest BCUT2D eigenvalue weighted by molar-refractivity contribution is -0.153. The van der Waals surface area contributed by atoms with Crippen LogP contribution in [0.1, 0.15) is 20.8 Å². The molecular formula is C14H18N3O3S. The largest absolute Gasteiger partial charge is 0.476 e. The first-order chi connectivity index (χ1) is 9.94. The fourth-order valence-electron chi connectivity index (χ4n) is 1.57. The van der Waals surface area contributed by atoms with Gasteiger partial charge in [-0.25, -0.2) is 9.97 Å². The minimum Gasteiger partial charge on any atom is -0.476 e. The number of pyridine rings is 1. The normalized spacial score (nSPS) is 11.6. The zero-order chi connectivity index (χ0) is 15.3. The van der Waals surface area contributed by atoms with Crippen LogP contribution in [0.25, 0.3) is 10.3 Å². The molecule has 1 radical (unpaired) electrons. The zero-order valence-corrected chi connectivity index (χ0v) is 13.1. The average Bonchev–Trinajstić information content (AvgIpc) is 2.83. The Morgan fingerprint density at radius 1 is 1.43 bits per heavy atom. The number of nitrogens with zero attached hydrogens (tertiary/aromatic N) is 2. The summed E-state index contributed by atoms with van der Waals surface area (Å²) >= 11 is 1.35. The second-order valence-electron chi connectivity index (χ2n) is 5.39. The standard InChI is InChI=1S/C14H18N3O3S/c1-14(2,3)20-12(18)8-15-6-7-19-11-5-4-10-13(17-11)21-9-16-10/h4-5,15H,6-8H2,1-3H3. The number of carbonyl (C=O) groups excluding carboxylic acids is 1. The molecule has 2 heterocycles. The molecule has 0 fully saturated rings. The van der Waals surface area contributed by atoms with Crippen molar-refractivity contribution in [2.45, 2.75) is 26.4 Å². The van der Waals surface area contributed by atoms with E-state index < -0.39 is 5.60 Å². The van der Waals surface area contributed by atoms with Crippen molar-refractivity contribution < 1.29 is 14.3 Å². The predicted molar refractivity (Wildman–Crippen MR) is 80.5 cm³/mol. The van der Waals surface area contributed by atoms with Crippen molar-refractivity contribution in [3.8, 4) is 5.88 Å². The van der Waals surface area contributed by atoms with E-state index in [2.05, 4.69) is 20.8 Å². The molecule has 0 amide bonds. The molecule has 0 atom stereocenters. The van der Waals surface area contributed by atoms with Crippen molar-refractivity contribution >= 4 is 27.7 Å². The first kappa shape index (κ1) is 15.7. The molecule has 0 aliphatic carbocycles. The van der Waals surface area contributed by atoms with Crippen molar-refractivity contribution in [1.82, 2.24) is 15.3 Å². The molecule has 0 saturated heterocycles. The van der Waals surface area contributed by atoms with Crippen LogP contribution in [0.2, 0.25) is 0 Å². The molecule has 0 spiro atoms. The molecule has 2 rings (SSSR count). The SMILES string of the molecule is CC(C)(C)OC(=O)CNCCOc1ccc2n[c]sc2n1. The van der Waals surface area contributed by atoms with Crippen LogP contribution >= 0.6 is 11.3 Å². The number of fused-ring (bicyclic) bond motifs is 1. The summed E-state index contributed by atoms with van der Waals surface area (Å²) in [5.74, 6) is 0.265. The topological polar surface area (TPSA) is 73.3 Å². The van der Waals surface area contributed by atoms with Crippen LogP contribution in [0.3, 0.4) is 0 Å². The smallest absolute Gasteiger partial charge is 0.320 e. The van der Waals surface area contributed by atoms with E-state index in [1.165, 1.54) is 11.3 Å². The van der Waals surface area contributed by atoms with E-state index in [1.807, 2.05) is 26.8 Å². The van der Waals surface area contributed by atoms with Gasteiger partial charge in [-0.05, 0) is 26.8 Å². The van der Waals surface area contributed by atoms with Gasteiger partial charge in [0.05, 0.1) is 6.54 Å². The molecular weight excluding hydrogens is 290 g/mol. The first-order valence-electron chi connectivity index (χ1n) is 6.63. The molecule has 113 valence electrons. The maximum atomic E-state index is 11.5. The highest BCUT2D eigenvalue weighted by Crippen LogP contribution is 2.18. The summed E-state index contributed by atoms with van der Waals surface area (Å²) in [5, 5.41) is 2.97. The van der Waals surface area contributed by atoms with Gasteiger partial charge < -0.3 is 14.8 Å². The molecule has 0 aliphatic heterocycles. The van der Waals surface area contributed by atoms with Crippen LogP contribution < -0.4 is 10.1 Å². The number of aromatic nitrogens is 2. The van der Waals surface area contributed by atoms with E-state index in [1.54, 1.807) is 6.07 Å². The molecule has 0 saturated carbocycles. The van der Waals surface area contributed by atoms with Crippen LogP contribution in [0.4, 0.5) is 0 Å². The van der Waals surface area contributed by atoms with Crippen LogP contribution in [-0.2, 0) is 9.53 Å². The molecule has 0 unspecified atom stereocenters. The molecule has 7 heteroatoms. The summed E-state index contributed by atoms with van der Waals surface area (Å²) in [6.07, 6.45) is 0. The maximum absolute atomic E-state index is 11.5. The van der Waals surface area contributed by atoms with Gasteiger partial charge in [0, 0.05) is 12.6 Å². The number of nitrogens with one attached hydrogen (secondary N) is 1. The lowest BCUT2D eigenvalue weighted by atomic mass is 10.2. The Labute approximate surface area is 127 Å². The van der Waals surface area contributed by atoms with E-state index in [0.29, 0.717) is 19.0 Å². The number of hydrogen-bond donors (Lipinski definition) is 1. The van der Waals surface area contributed by atoms with Crippen molar-refractivity contribution in [1.29, 1.82) is 0 Å². The quantitative estimate of drug-likeness (QED) is 0.648. The van der Waals surface area contributed by atoms with E-state index >= 15 is 0 Å². The van der Waals surface area contributed by atoms with Gasteiger partial charge in [0.1, 0.15) is 22.6 Å². The lowest BCUT2D eigenvalue weighted by Gasteiger charge is -2.19. The van der Waals surface area contributed by atoms with Gasteiger partial charge in [-0.3, -0.25) is 4.79 Å². The minimum absolute atomic E-state index is 0.164. The molecule has 2 aromatic heterocycles. The molecule has 0 aliphatic rings. The number of thiazole rings is 1. The van der Waals surface area contributed by atoms with Crippen molar-refractivity contribution in [2.75, 3.05) is 19.7 Å². The second-order valence-corrected chi connectivity index (χ2v) is 6.16. The molecule has 2 aromatic rings. The van der Waals surface area contributed by atoms with Gasteiger partial charge >= 0.3 is 5.97 Å². The van der Waals surface area contributed by atoms with Gasteiger partial charge in [0.25, 0.3) is 0 Å². The maximum Gasteiger partial charge on any atom is 0.320 e. The number of rotatable bonds is 6. The Morgan fingerprint density at radius 3 is 3.00 bits per heavy atom. The molecule has 21 heavy (non-hydrogen) atoms. The zero-order valence-electron chi connectivity index (χ0n) is 12.3. The van der Waals surface area contributed by atoms with Crippen molar-refractivity contribution in [3.63, 3.8) is 0 Å². The average molecular weight is 308 g/mol. The third-order valence-corrected chi connectivity index (χ3v) is 3.02. The lowest BCUT2D eigenvalue weighted by Crippen LogP contribution is -2.33. The molecule has 1 N–H and O–H groups in total. The fourth-order valence-corrected chi connectivity index (χ4v) is 2.15. The number of hydrogen-bond acceptors (Lipinski definition) is 7. The number of carbonyl (C=O) groups is 1. The fraction of sp³-hybridized carbons (Fsp3) is 0.500. The van der Waals surface area contributed by atoms with E-state index in [9.17, 15) is 4.79 Å². The highest BCUT2D eigenvalue weighted by atomic mass is 32.1. The van der Waals surface area contributed by atoms with Crippen LogP contribution in [0.15, 0.2) is 12.1 Å². The summed E-state index contributed by atoms with van der Waals surface area (Å²) in [6, 6.07) is 3.61. The van der Waals surface area contributed by atoms with Gasteiger partial charge in [-0.15, -0.1) is 0 Å². The Hall–Kier alpha value is -1.73. The van der Waals surface area contributed by atoms with Crippen LogP contribution in [-0.4, -0.2) is 41.2 Å². The van der Waals surface area contributed by atoms with E-state index in [4.69, 9.17) is 9.47 Å². The monoisotopic (exact) mass is 308 g/mol. The summed E-state index contributed by atoms with van der Waals surface area (Å²) in [7, 11) is 0. The summed E-state index contributed by atoms with van der Waals surface area (Å²) < 4.78 is 10.7. The number of ether oxygens (including phenoxy) is 2. The van der Waals surface area contributed by atoms with Crippen molar-refractivity contribution in [2.24, 2.45) is 0 Å². The third-order valence-electron chi connectivity index (χ3n) is 2.34. The van der Waals surface area contributed by atoms with Crippen molar-refractivity contribution in [3.05, 3.63) is 17.6 Å². The van der Waals surface area contributed by atoms with Gasteiger partial charge in [0.2, 0.25) is 5.88 Å². The third kappa shape index (κ3) is 5.28. The first-order valence-corrected chi connectivity index (χ1v) is 7.45. The van der Waals surface area contributed by atoms with Gasteiger partial charge in [-0.1, -0.05) is 11.3 Å². The number of esters is 1. The Bertz CT molecular complexity index is 607. The van der Waals surface area contributed by atoms with Crippen LogP contribution in [0, 0.1) is 5.51 Å². The summed E-state index contributed by atoms with van der Waals surface area (Å²) in [5.41, 5.74) is 3.14. The van der Waals surface area contributed by atoms with E-state index in [-0.39, 0.29) is 12.5 Å². The van der Waals surface area contributed by atoms with Crippen LogP contribution in [0.5, 0.6) is 5.88 Å². The Balaban J connectivity index is 1.66. The van der Waals surface area contributed by atoms with E-state index in [0.717, 1.165) is 10.3 Å². The second kappa shape index (κ2) is 6.82. The minimum atomic E-state index is -0.458. The molecule has 6 nitrogen and oxygen atoms in total. The Morgan fingerprint density at radius 2 is 2.24 bits per heavy atom. The predicted octanol–water partition coefficient (Wildman–Crippen LogP) is 1.80. The summed E-state index contributed by atoms with van der Waals surface area (Å²) in [4.78, 5) is 20.6.